The molecule has 2 amide bonds. The molecule has 5 atom stereocenters. The molecule has 25 heteroatoms. The van der Waals surface area contributed by atoms with Crippen LogP contribution in [0.4, 0.5) is 9.57 Å². The van der Waals surface area contributed by atoms with Gasteiger partial charge in [0.2, 0.25) is 11.3 Å². The molecule has 0 radical (unpaired) electrons. The lowest BCUT2D eigenvalue weighted by Crippen LogP contribution is -2.45. The second-order valence-corrected chi connectivity index (χ2v) is 25.0. The van der Waals surface area contributed by atoms with Gasteiger partial charge in [-0.25, -0.2) is 14.2 Å². The minimum atomic E-state index is -1.50. The van der Waals surface area contributed by atoms with E-state index >= 15 is 0 Å². The van der Waals surface area contributed by atoms with Gasteiger partial charge in [0.15, 0.2) is 5.96 Å². The highest BCUT2D eigenvalue weighted by atomic mass is 32.2. The summed E-state index contributed by atoms with van der Waals surface area (Å²) in [4.78, 5) is 114. The number of ether oxygens (including phenoxy) is 3. The molecule has 4 aromatic rings. The van der Waals surface area contributed by atoms with Gasteiger partial charge in [0.05, 0.1) is 81.2 Å². The Morgan fingerprint density at radius 3 is 2.25 bits per heavy atom. The number of piperidine rings is 1. The van der Waals surface area contributed by atoms with E-state index in [2.05, 4.69) is 20.5 Å². The summed E-state index contributed by atoms with van der Waals surface area (Å²) in [5, 5.41) is 37.2. The molecule has 7 rings (SSSR count). The summed E-state index contributed by atoms with van der Waals surface area (Å²) in [6.07, 6.45) is 1.21. The maximum Gasteiger partial charge on any atom is 0.336 e. The zero-order valence-electron chi connectivity index (χ0n) is 54.8. The lowest BCUT2D eigenvalue weighted by atomic mass is 9.85. The van der Waals surface area contributed by atoms with Crippen LogP contribution in [0.1, 0.15) is 121 Å². The molecule has 0 spiro atoms. The maximum absolute atomic E-state index is 13.9. The van der Waals surface area contributed by atoms with Crippen molar-refractivity contribution in [2.45, 2.75) is 113 Å². The van der Waals surface area contributed by atoms with Crippen LogP contribution in [-0.2, 0) is 49.6 Å². The molecule has 1 aliphatic carbocycles. The zero-order chi connectivity index (χ0) is 69.3. The van der Waals surface area contributed by atoms with Crippen molar-refractivity contribution in [3.05, 3.63) is 137 Å². The molecular formula is C71H88FN8O15S+. The number of anilines is 1. The number of hydrogen-bond acceptors (Lipinski definition) is 16. The largest absolute Gasteiger partial charge is 0.481 e. The molecule has 0 aromatic heterocycles. The highest BCUT2D eigenvalue weighted by Gasteiger charge is 2.35. The Hall–Kier alpha value is -8.88. The Morgan fingerprint density at radius 2 is 1.54 bits per heavy atom. The zero-order valence-corrected chi connectivity index (χ0v) is 55.6. The van der Waals surface area contributed by atoms with E-state index < -0.39 is 66.2 Å². The molecule has 0 saturated carbocycles. The van der Waals surface area contributed by atoms with Gasteiger partial charge in [-0.1, -0.05) is 48.5 Å². The second kappa shape index (κ2) is 37.4. The first kappa shape index (κ1) is 74.5. The third-order valence-electron chi connectivity index (χ3n) is 16.8. The predicted molar refractivity (Wildman–Crippen MR) is 363 cm³/mol. The quantitative estimate of drug-likeness (QED) is 0.00625. The fourth-order valence-electron chi connectivity index (χ4n) is 11.8. The van der Waals surface area contributed by atoms with Crippen LogP contribution in [0.5, 0.6) is 0 Å². The van der Waals surface area contributed by atoms with Gasteiger partial charge in [-0.15, -0.1) is 0 Å². The standard InChI is InChI=1S/C71H87FN8O15S/c1-78(2)50-23-26-56-62(41-50)95-63-42-51(79(3)4)24-27-57(63)65(56)55-25-22-48(38-58(55)69(88)89)67(86)75-29-9-8-20-59(70(90)91)77-68(87)49(40-64(84)85)39-60(83)47(17-11-30-76-71(73)74)37-52(81)28-33-93-35-34-92-32-13-18-53(82)43-80-31-12-21-61(66(80)46-15-6-5-7-16-46)94-44-45-14-10-19-54(36-45)96-72/h5-7,10,14-16,19,22-27,36,38,41-42,47,49,59,61,66H,8-9,11-13,17-18,20-21,28-35,37,39-40,43-44H2,1-4H3,(H8-,73,74,75,76,77,84,85,86,87,88,89,90,91)/p+1/t47?,49-,59+,61-,66-/m0/s1. The Bertz CT molecular complexity index is 3740. The number of carboxylic acids is 3. The number of aromatic carboxylic acids is 1. The van der Waals surface area contributed by atoms with Gasteiger partial charge in [0, 0.05) is 110 Å². The summed E-state index contributed by atoms with van der Waals surface area (Å²) >= 11 is 0.190. The summed E-state index contributed by atoms with van der Waals surface area (Å²) in [5.41, 5.74) is 15.9. The molecule has 514 valence electrons. The average molecular weight is 1340 g/mol. The fraction of sp³-hybridized carbons (Fsp3) is 0.437. The lowest BCUT2D eigenvalue weighted by molar-refractivity contribution is -0.145. The Morgan fingerprint density at radius 1 is 0.781 bits per heavy atom. The van der Waals surface area contributed by atoms with Gasteiger partial charge in [-0.05, 0) is 117 Å². The van der Waals surface area contributed by atoms with E-state index in [-0.39, 0.29) is 137 Å². The SMILES string of the molecule is CN(C)c1ccc2c(-c3ccc(C(=O)NCCCC[C@@H](NC(=O)[C@H](CC(=O)O)CC(=O)C(CCCN=C(N)N)CC(=O)CCOCCOCCCC(=O)CN4CCC[C@H](OCc5cccc(SF)c5)[C@@H]4c4ccccc4)C(=O)O)cc3C(=O)O)c3ccc(=[N+](C)C)cc-3oc2c1. The Labute approximate surface area is 562 Å². The van der Waals surface area contributed by atoms with Crippen LogP contribution < -0.4 is 36.9 Å². The number of fused-ring (bicyclic) bond motifs is 2. The van der Waals surface area contributed by atoms with Crippen molar-refractivity contribution in [2.75, 3.05) is 85.7 Å². The molecule has 1 unspecified atom stereocenters. The van der Waals surface area contributed by atoms with Crippen LogP contribution in [0.25, 0.3) is 33.4 Å². The number of nitrogens with one attached hydrogen (secondary N) is 2. The Balaban J connectivity index is 0.852. The van der Waals surface area contributed by atoms with Gasteiger partial charge in [0.25, 0.3) is 5.91 Å². The first-order chi connectivity index (χ1) is 46.1. The van der Waals surface area contributed by atoms with Crippen molar-refractivity contribution in [2.24, 2.45) is 28.3 Å². The van der Waals surface area contributed by atoms with Gasteiger partial charge in [0.1, 0.15) is 48.8 Å². The molecule has 96 heavy (non-hydrogen) atoms. The minimum Gasteiger partial charge on any atom is -0.481 e. The van der Waals surface area contributed by atoms with Crippen molar-refractivity contribution in [1.82, 2.24) is 20.1 Å². The number of carbonyl (C=O) groups is 8. The number of aliphatic imine (C=N–C) groups is 1. The molecule has 2 heterocycles. The normalized spacial score (nSPS) is 14.9. The van der Waals surface area contributed by atoms with Gasteiger partial charge >= 0.3 is 17.9 Å². The number of aliphatic carboxylic acids is 2. The summed E-state index contributed by atoms with van der Waals surface area (Å²) in [6.45, 7) is 2.14. The predicted octanol–water partition coefficient (Wildman–Crippen LogP) is 8.32. The minimum absolute atomic E-state index is 0.00990. The van der Waals surface area contributed by atoms with E-state index in [0.717, 1.165) is 41.6 Å². The van der Waals surface area contributed by atoms with Crippen LogP contribution in [0.2, 0.25) is 0 Å². The molecule has 3 aliphatic rings. The number of benzene rings is 5. The summed E-state index contributed by atoms with van der Waals surface area (Å²) < 4.78 is 39.4. The van der Waals surface area contributed by atoms with Crippen molar-refractivity contribution >= 4 is 81.8 Å². The number of amides is 2. The van der Waals surface area contributed by atoms with E-state index in [0.29, 0.717) is 64.4 Å². The van der Waals surface area contributed by atoms with Crippen LogP contribution in [0, 0.1) is 11.8 Å². The van der Waals surface area contributed by atoms with E-state index in [9.17, 15) is 57.6 Å². The van der Waals surface area contributed by atoms with Crippen molar-refractivity contribution < 1.29 is 76.2 Å². The number of carbonyl (C=O) groups excluding carboxylic acids is 5. The molecular weight excluding hydrogens is 1260 g/mol. The molecule has 1 saturated heterocycles. The number of halogens is 1. The van der Waals surface area contributed by atoms with Crippen LogP contribution in [0.15, 0.2) is 123 Å². The third-order valence-corrected chi connectivity index (χ3v) is 17.2. The Kier molecular flexibility index (Phi) is 29.1. The van der Waals surface area contributed by atoms with Crippen molar-refractivity contribution in [1.29, 1.82) is 0 Å². The number of ketones is 3. The molecule has 0 bridgehead atoms. The molecule has 9 N–H and O–H groups in total. The first-order valence-electron chi connectivity index (χ1n) is 32.2. The number of guanidine groups is 1. The summed E-state index contributed by atoms with van der Waals surface area (Å²) in [5.74, 6) is -8.60. The summed E-state index contributed by atoms with van der Waals surface area (Å²) in [7, 11) is 7.59. The van der Waals surface area contributed by atoms with Crippen LogP contribution in [-0.4, -0.2) is 166 Å². The molecule has 23 nitrogen and oxygen atoms in total. The number of unbranched alkanes of at least 4 members (excludes halogenated alkanes) is 1. The fourth-order valence-corrected chi connectivity index (χ4v) is 12.1. The topological polar surface area (TPSA) is 336 Å². The number of rotatable bonds is 40. The highest BCUT2D eigenvalue weighted by molar-refractivity contribution is 7.94. The van der Waals surface area contributed by atoms with E-state index in [1.807, 2.05) is 110 Å². The molecule has 1 fully saturated rings. The summed E-state index contributed by atoms with van der Waals surface area (Å²) in [6, 6.07) is 31.2. The van der Waals surface area contributed by atoms with E-state index in [1.54, 1.807) is 24.3 Å². The number of nitrogens with two attached hydrogens (primary N) is 2. The molecule has 4 aromatic carbocycles. The first-order valence-corrected chi connectivity index (χ1v) is 33.0. The number of hydrogen-bond donors (Lipinski definition) is 7. The maximum atomic E-state index is 13.9. The van der Waals surface area contributed by atoms with E-state index in [1.165, 1.54) is 12.1 Å². The van der Waals surface area contributed by atoms with Crippen LogP contribution >= 0.6 is 12.1 Å². The molecule has 2 aliphatic heterocycles. The highest BCUT2D eigenvalue weighted by Crippen LogP contribution is 2.42. The second-order valence-electron chi connectivity index (χ2n) is 24.4. The lowest BCUT2D eigenvalue weighted by Gasteiger charge is -2.41. The number of likely N-dealkylation sites (tertiary alicyclic amines) is 1. The monoisotopic (exact) mass is 1340 g/mol. The van der Waals surface area contributed by atoms with Crippen LogP contribution in [0.3, 0.4) is 0 Å². The number of carboxylic acid groups (broad SMARTS) is 3. The van der Waals surface area contributed by atoms with Gasteiger partial charge in [-0.2, -0.15) is 3.89 Å². The smallest absolute Gasteiger partial charge is 0.336 e. The number of nitrogens with zero attached hydrogens (tertiary/aromatic N) is 4. The van der Waals surface area contributed by atoms with Crippen molar-refractivity contribution in [3.8, 4) is 22.5 Å². The van der Waals surface area contributed by atoms with Gasteiger partial charge < -0.3 is 60.9 Å². The number of Topliss-reactive ketones (excluding diaryl/α,β-unsaturated/α-hetero) is 3. The van der Waals surface area contributed by atoms with Gasteiger partial charge in [-0.3, -0.25) is 38.7 Å². The van der Waals surface area contributed by atoms with E-state index in [4.69, 9.17) is 30.1 Å². The third kappa shape index (κ3) is 22.4. The average Bonchev–Trinajstić information content (AvgIpc) is 0.747. The van der Waals surface area contributed by atoms with Crippen molar-refractivity contribution in [3.63, 3.8) is 0 Å².